The minimum Gasteiger partial charge on any atom is -0.356 e. The molecule has 0 saturated carbocycles. The van der Waals surface area contributed by atoms with Crippen LogP contribution < -0.4 is 0 Å². The molecule has 162 valence electrons. The van der Waals surface area contributed by atoms with Gasteiger partial charge in [-0.1, -0.05) is 74.2 Å². The third kappa shape index (κ3) is 5.25. The first kappa shape index (κ1) is 24.0. The van der Waals surface area contributed by atoms with Crippen molar-refractivity contribution in [2.24, 2.45) is 10.9 Å². The van der Waals surface area contributed by atoms with Gasteiger partial charge in [-0.15, -0.1) is 0 Å². The van der Waals surface area contributed by atoms with E-state index in [-0.39, 0.29) is 5.92 Å². The molecule has 4 nitrogen and oxygen atoms in total. The lowest BCUT2D eigenvalue weighted by Gasteiger charge is -2.45. The highest BCUT2D eigenvalue weighted by Gasteiger charge is 2.45. The Balaban J connectivity index is 2.68. The largest absolute Gasteiger partial charge is 0.356 e. The van der Waals surface area contributed by atoms with Crippen molar-refractivity contribution in [3.05, 3.63) is 77.9 Å². The number of aliphatic imine (C=N–C) groups is 1. The van der Waals surface area contributed by atoms with Crippen molar-refractivity contribution in [1.82, 2.24) is 9.80 Å². The van der Waals surface area contributed by atoms with Crippen LogP contribution in [0.3, 0.4) is 0 Å². The number of ether oxygens (including phenoxy) is 1. The second kappa shape index (κ2) is 11.2. The van der Waals surface area contributed by atoms with Crippen LogP contribution >= 0.6 is 0 Å². The summed E-state index contributed by atoms with van der Waals surface area (Å²) in [6, 6.07) is 18.8. The van der Waals surface area contributed by atoms with Gasteiger partial charge in [-0.2, -0.15) is 0 Å². The fraction of sp³-hybridized carbons (Fsp3) is 0.423. The van der Waals surface area contributed by atoms with Crippen molar-refractivity contribution in [3.63, 3.8) is 0 Å². The van der Waals surface area contributed by atoms with Crippen molar-refractivity contribution in [1.29, 1.82) is 0 Å². The normalized spacial score (nSPS) is 15.3. The lowest BCUT2D eigenvalue weighted by molar-refractivity contribution is -0.161. The van der Waals surface area contributed by atoms with Gasteiger partial charge >= 0.3 is 0 Å². The first-order valence-corrected chi connectivity index (χ1v) is 10.7. The molecule has 0 bridgehead atoms. The maximum Gasteiger partial charge on any atom is 0.155 e. The molecule has 2 atom stereocenters. The minimum absolute atomic E-state index is 0.0156. The summed E-state index contributed by atoms with van der Waals surface area (Å²) in [5.74, 6) is -0.0156. The Labute approximate surface area is 182 Å². The number of benzene rings is 2. The maximum atomic E-state index is 6.60. The predicted molar refractivity (Wildman–Crippen MR) is 129 cm³/mol. The van der Waals surface area contributed by atoms with Gasteiger partial charge in [-0.3, -0.25) is 9.89 Å². The second-order valence-electron chi connectivity index (χ2n) is 7.97. The molecular weight excluding hydrogens is 370 g/mol. The summed E-state index contributed by atoms with van der Waals surface area (Å²) in [5.41, 5.74) is 3.69. The minimum atomic E-state index is -0.674. The van der Waals surface area contributed by atoms with Crippen molar-refractivity contribution < 1.29 is 4.74 Å². The molecule has 0 aliphatic rings. The Morgan fingerprint density at radius 2 is 1.70 bits per heavy atom. The fourth-order valence-electron chi connectivity index (χ4n) is 4.06. The van der Waals surface area contributed by atoms with Gasteiger partial charge in [-0.25, -0.2) is 0 Å². The summed E-state index contributed by atoms with van der Waals surface area (Å²) in [6.45, 7) is 10.5. The van der Waals surface area contributed by atoms with Gasteiger partial charge in [0.15, 0.2) is 5.72 Å². The Bertz CT molecular complexity index is 829. The molecule has 2 rings (SSSR count). The molecule has 0 heterocycles. The molecule has 2 aromatic rings. The molecule has 0 aliphatic carbocycles. The Kier molecular flexibility index (Phi) is 8.97. The summed E-state index contributed by atoms with van der Waals surface area (Å²) < 4.78 is 6.60. The van der Waals surface area contributed by atoms with Gasteiger partial charge in [0.2, 0.25) is 0 Å². The Hall–Kier alpha value is -2.27. The first-order chi connectivity index (χ1) is 14.4. The monoisotopic (exact) mass is 407 g/mol. The zero-order chi connectivity index (χ0) is 22.1. The van der Waals surface area contributed by atoms with Crippen LogP contribution in [0.2, 0.25) is 0 Å². The SMILES string of the molecule is C=Cc1ccccc1C(OCC)(C(C)C(=NCCN(C)C)c1ccccc1)N(C)C. The van der Waals surface area contributed by atoms with E-state index >= 15 is 0 Å². The standard InChI is InChI=1S/C26H37N3O/c1-8-22-15-13-14-18-24(22)26(29(6)7,30-9-2)21(3)25(27-19-20-28(4)5)23-16-11-10-12-17-23/h8,10-18,21H,1,9,19-20H2,2-7H3. The van der Waals surface area contributed by atoms with E-state index < -0.39 is 5.72 Å². The lowest BCUT2D eigenvalue weighted by atomic mass is 9.80. The van der Waals surface area contributed by atoms with Crippen LogP contribution in [0, 0.1) is 5.92 Å². The number of nitrogens with zero attached hydrogens (tertiary/aromatic N) is 3. The zero-order valence-electron chi connectivity index (χ0n) is 19.4. The van der Waals surface area contributed by atoms with Crippen LogP contribution in [0.4, 0.5) is 0 Å². The molecule has 0 spiro atoms. The summed E-state index contributed by atoms with van der Waals surface area (Å²) in [6.07, 6.45) is 1.91. The number of hydrogen-bond donors (Lipinski definition) is 0. The summed E-state index contributed by atoms with van der Waals surface area (Å²) in [4.78, 5) is 9.42. The molecule has 4 heteroatoms. The van der Waals surface area contributed by atoms with E-state index in [9.17, 15) is 0 Å². The summed E-state index contributed by atoms with van der Waals surface area (Å²) in [5, 5.41) is 0. The molecule has 0 saturated heterocycles. The molecule has 0 N–H and O–H groups in total. The molecule has 30 heavy (non-hydrogen) atoms. The van der Waals surface area contributed by atoms with Gasteiger partial charge in [0.05, 0.1) is 6.54 Å². The highest BCUT2D eigenvalue weighted by Crippen LogP contribution is 2.40. The van der Waals surface area contributed by atoms with E-state index in [1.54, 1.807) is 0 Å². The lowest BCUT2D eigenvalue weighted by Crippen LogP contribution is -2.52. The van der Waals surface area contributed by atoms with E-state index in [1.807, 2.05) is 25.1 Å². The average molecular weight is 408 g/mol. The Morgan fingerprint density at radius 1 is 1.07 bits per heavy atom. The second-order valence-corrected chi connectivity index (χ2v) is 7.97. The van der Waals surface area contributed by atoms with E-state index in [1.165, 1.54) is 0 Å². The van der Waals surface area contributed by atoms with Crippen molar-refractivity contribution in [3.8, 4) is 0 Å². The van der Waals surface area contributed by atoms with Crippen LogP contribution in [0.25, 0.3) is 6.08 Å². The smallest absolute Gasteiger partial charge is 0.155 e. The fourth-order valence-corrected chi connectivity index (χ4v) is 4.06. The molecule has 2 aromatic carbocycles. The third-order valence-corrected chi connectivity index (χ3v) is 5.49. The highest BCUT2D eigenvalue weighted by atomic mass is 16.5. The molecule has 0 aliphatic heterocycles. The first-order valence-electron chi connectivity index (χ1n) is 10.7. The van der Waals surface area contributed by atoms with Crippen molar-refractivity contribution in [2.75, 3.05) is 47.9 Å². The third-order valence-electron chi connectivity index (χ3n) is 5.49. The van der Waals surface area contributed by atoms with Crippen LogP contribution in [0.15, 0.2) is 66.2 Å². The van der Waals surface area contributed by atoms with E-state index in [2.05, 4.69) is 94.0 Å². The van der Waals surface area contributed by atoms with Gasteiger partial charge in [0.1, 0.15) is 0 Å². The molecule has 0 fully saturated rings. The van der Waals surface area contributed by atoms with Crippen molar-refractivity contribution >= 4 is 11.8 Å². The van der Waals surface area contributed by atoms with Crippen LogP contribution in [-0.4, -0.2) is 63.4 Å². The molecule has 0 radical (unpaired) electrons. The predicted octanol–water partition coefficient (Wildman–Crippen LogP) is 4.77. The van der Waals surface area contributed by atoms with Crippen molar-refractivity contribution in [2.45, 2.75) is 19.6 Å². The van der Waals surface area contributed by atoms with Gasteiger partial charge < -0.3 is 9.64 Å². The number of likely N-dealkylation sites (N-methyl/N-ethyl adjacent to an activating group) is 1. The topological polar surface area (TPSA) is 28.1 Å². The van der Waals surface area contributed by atoms with Gasteiger partial charge in [0.25, 0.3) is 0 Å². The van der Waals surface area contributed by atoms with E-state index in [4.69, 9.17) is 9.73 Å². The van der Waals surface area contributed by atoms with Crippen LogP contribution in [-0.2, 0) is 10.5 Å². The number of rotatable bonds is 11. The molecular formula is C26H37N3O. The molecule has 2 unspecified atom stereocenters. The van der Waals surface area contributed by atoms with Gasteiger partial charge in [-0.05, 0) is 46.2 Å². The average Bonchev–Trinajstić information content (AvgIpc) is 2.75. The maximum absolute atomic E-state index is 6.60. The zero-order valence-corrected chi connectivity index (χ0v) is 19.4. The Morgan fingerprint density at radius 3 is 2.27 bits per heavy atom. The van der Waals surface area contributed by atoms with Crippen LogP contribution in [0.1, 0.15) is 30.5 Å². The quantitative estimate of drug-likeness (QED) is 0.397. The number of hydrogen-bond acceptors (Lipinski definition) is 4. The van der Waals surface area contributed by atoms with E-state index in [0.717, 1.165) is 35.5 Å². The van der Waals surface area contributed by atoms with Gasteiger partial charge in [0, 0.05) is 30.3 Å². The van der Waals surface area contributed by atoms with E-state index in [0.29, 0.717) is 6.61 Å². The highest BCUT2D eigenvalue weighted by molar-refractivity contribution is 6.03. The molecule has 0 aromatic heterocycles. The summed E-state index contributed by atoms with van der Waals surface area (Å²) in [7, 11) is 8.31. The molecule has 0 amide bonds. The van der Waals surface area contributed by atoms with Crippen LogP contribution in [0.5, 0.6) is 0 Å². The summed E-state index contributed by atoms with van der Waals surface area (Å²) >= 11 is 0.